The maximum atomic E-state index is 11.2. The van der Waals surface area contributed by atoms with Crippen LogP contribution in [0.4, 0.5) is 0 Å². The average Bonchev–Trinajstić information content (AvgIpc) is 2.30. The van der Waals surface area contributed by atoms with Crippen LogP contribution in [0.25, 0.3) is 0 Å². The molecule has 72 valence electrons. The number of amides is 2. The Hall–Kier alpha value is -1.16. The van der Waals surface area contributed by atoms with Crippen LogP contribution in [0.5, 0.6) is 0 Å². The lowest BCUT2D eigenvalue weighted by atomic mass is 10.1. The molecule has 4 heteroatoms. The van der Waals surface area contributed by atoms with E-state index in [-0.39, 0.29) is 5.06 Å². The Morgan fingerprint density at radius 1 is 1.31 bits per heavy atom. The molecule has 0 fully saturated rings. The van der Waals surface area contributed by atoms with Gasteiger partial charge in [0, 0.05) is 11.1 Å². The van der Waals surface area contributed by atoms with E-state index in [2.05, 4.69) is 0 Å². The van der Waals surface area contributed by atoms with Gasteiger partial charge in [-0.15, -0.1) is 5.06 Å². The molecular formula is C9H13NO3. The van der Waals surface area contributed by atoms with Crippen molar-refractivity contribution in [3.8, 4) is 0 Å². The number of imide groups is 1. The van der Waals surface area contributed by atoms with Gasteiger partial charge in [0.15, 0.2) is 0 Å². The maximum Gasteiger partial charge on any atom is 0.281 e. The summed E-state index contributed by atoms with van der Waals surface area (Å²) in [4.78, 5) is 22.3. The Labute approximate surface area is 76.8 Å². The zero-order valence-corrected chi connectivity index (χ0v) is 7.83. The van der Waals surface area contributed by atoms with Crippen LogP contribution in [-0.2, 0) is 9.59 Å². The van der Waals surface area contributed by atoms with Gasteiger partial charge in [0.2, 0.25) is 0 Å². The largest absolute Gasteiger partial charge is 0.281 e. The van der Waals surface area contributed by atoms with Crippen molar-refractivity contribution in [3.63, 3.8) is 0 Å². The van der Waals surface area contributed by atoms with Gasteiger partial charge in [-0.1, -0.05) is 13.3 Å². The number of hydroxylamine groups is 2. The number of carbonyl (C=O) groups is 2. The highest BCUT2D eigenvalue weighted by Gasteiger charge is 2.34. The van der Waals surface area contributed by atoms with Crippen molar-refractivity contribution < 1.29 is 14.8 Å². The zero-order valence-electron chi connectivity index (χ0n) is 7.83. The molecule has 4 nitrogen and oxygen atoms in total. The Kier molecular flexibility index (Phi) is 2.83. The summed E-state index contributed by atoms with van der Waals surface area (Å²) in [5.41, 5.74) is 0.829. The van der Waals surface area contributed by atoms with Crippen molar-refractivity contribution in [2.45, 2.75) is 33.1 Å². The van der Waals surface area contributed by atoms with Crippen molar-refractivity contribution in [1.82, 2.24) is 5.06 Å². The lowest BCUT2D eigenvalue weighted by molar-refractivity contribution is -0.170. The summed E-state index contributed by atoms with van der Waals surface area (Å²) in [5.74, 6) is -1.15. The number of nitrogens with zero attached hydrogens (tertiary/aromatic N) is 1. The molecule has 1 N–H and O–H groups in total. The van der Waals surface area contributed by atoms with Crippen molar-refractivity contribution in [1.29, 1.82) is 0 Å². The second kappa shape index (κ2) is 3.70. The summed E-state index contributed by atoms with van der Waals surface area (Å²) in [5, 5.41) is 9.19. The first kappa shape index (κ1) is 9.92. The van der Waals surface area contributed by atoms with Crippen LogP contribution in [0.1, 0.15) is 33.1 Å². The predicted octanol–water partition coefficient (Wildman–Crippen LogP) is 1.25. The monoisotopic (exact) mass is 183 g/mol. The molecule has 0 saturated carbocycles. The summed E-state index contributed by atoms with van der Waals surface area (Å²) in [6.07, 6.45) is 2.40. The fourth-order valence-electron chi connectivity index (χ4n) is 1.32. The lowest BCUT2D eigenvalue weighted by Gasteiger charge is -2.03. The summed E-state index contributed by atoms with van der Waals surface area (Å²) in [7, 11) is 0. The normalized spacial score (nSPS) is 17.6. The number of carbonyl (C=O) groups excluding carboxylic acids is 2. The predicted molar refractivity (Wildman–Crippen MR) is 45.9 cm³/mol. The molecule has 13 heavy (non-hydrogen) atoms. The minimum atomic E-state index is -0.587. The minimum absolute atomic E-state index is 0.195. The van der Waals surface area contributed by atoms with Gasteiger partial charge in [-0.3, -0.25) is 14.8 Å². The van der Waals surface area contributed by atoms with Crippen LogP contribution >= 0.6 is 0 Å². The van der Waals surface area contributed by atoms with E-state index in [1.54, 1.807) is 6.92 Å². The number of rotatable bonds is 3. The fourth-order valence-corrected chi connectivity index (χ4v) is 1.32. The van der Waals surface area contributed by atoms with E-state index < -0.39 is 11.8 Å². The highest BCUT2D eigenvalue weighted by atomic mass is 16.5. The molecule has 0 spiro atoms. The first-order valence-electron chi connectivity index (χ1n) is 4.37. The van der Waals surface area contributed by atoms with Crippen LogP contribution in [0.15, 0.2) is 11.1 Å². The van der Waals surface area contributed by atoms with E-state index in [0.717, 1.165) is 12.8 Å². The van der Waals surface area contributed by atoms with E-state index in [1.807, 2.05) is 6.92 Å². The summed E-state index contributed by atoms with van der Waals surface area (Å²) in [6.45, 7) is 3.58. The number of hydrogen-bond acceptors (Lipinski definition) is 3. The SMILES string of the molecule is CCCCC1=C(C)C(=O)N(O)C1=O. The van der Waals surface area contributed by atoms with Crippen molar-refractivity contribution >= 4 is 11.8 Å². The van der Waals surface area contributed by atoms with Crippen LogP contribution in [0.2, 0.25) is 0 Å². The van der Waals surface area contributed by atoms with Crippen LogP contribution < -0.4 is 0 Å². The van der Waals surface area contributed by atoms with E-state index in [4.69, 9.17) is 5.21 Å². The molecular weight excluding hydrogens is 170 g/mol. The molecule has 0 aromatic heterocycles. The molecule has 0 aromatic carbocycles. The van der Waals surface area contributed by atoms with E-state index in [9.17, 15) is 9.59 Å². The van der Waals surface area contributed by atoms with Gasteiger partial charge in [-0.2, -0.15) is 0 Å². The molecule has 1 rings (SSSR count). The number of hydrogen-bond donors (Lipinski definition) is 1. The van der Waals surface area contributed by atoms with Crippen LogP contribution in [0.3, 0.4) is 0 Å². The van der Waals surface area contributed by atoms with Gasteiger partial charge in [0.25, 0.3) is 11.8 Å². The van der Waals surface area contributed by atoms with E-state index in [0.29, 0.717) is 17.6 Å². The molecule has 0 unspecified atom stereocenters. The van der Waals surface area contributed by atoms with E-state index >= 15 is 0 Å². The fraction of sp³-hybridized carbons (Fsp3) is 0.556. The molecule has 0 aliphatic carbocycles. The van der Waals surface area contributed by atoms with Crippen molar-refractivity contribution in [3.05, 3.63) is 11.1 Å². The van der Waals surface area contributed by atoms with Gasteiger partial charge in [-0.05, 0) is 19.8 Å². The lowest BCUT2D eigenvalue weighted by Crippen LogP contribution is -2.27. The molecule has 0 bridgehead atoms. The Morgan fingerprint density at radius 2 is 1.92 bits per heavy atom. The molecule has 1 heterocycles. The Morgan fingerprint density at radius 3 is 2.31 bits per heavy atom. The third-order valence-corrected chi connectivity index (χ3v) is 2.20. The molecule has 0 atom stereocenters. The van der Waals surface area contributed by atoms with Crippen molar-refractivity contribution in [2.24, 2.45) is 0 Å². The average molecular weight is 183 g/mol. The summed E-state index contributed by atoms with van der Waals surface area (Å²) in [6, 6.07) is 0. The minimum Gasteiger partial charge on any atom is -0.278 e. The molecule has 0 radical (unpaired) electrons. The zero-order chi connectivity index (χ0) is 10.0. The van der Waals surface area contributed by atoms with Gasteiger partial charge in [0.1, 0.15) is 0 Å². The van der Waals surface area contributed by atoms with Gasteiger partial charge < -0.3 is 0 Å². The van der Waals surface area contributed by atoms with Crippen LogP contribution in [0, 0.1) is 0 Å². The Bertz CT molecular complexity index is 281. The Balaban J connectivity index is 2.81. The number of unbranched alkanes of at least 4 members (excludes halogenated alkanes) is 1. The second-order valence-electron chi connectivity index (χ2n) is 3.13. The molecule has 0 aromatic rings. The third kappa shape index (κ3) is 1.62. The van der Waals surface area contributed by atoms with Crippen LogP contribution in [-0.4, -0.2) is 22.1 Å². The molecule has 2 amide bonds. The first-order chi connectivity index (χ1) is 6.09. The van der Waals surface area contributed by atoms with Gasteiger partial charge in [-0.25, -0.2) is 0 Å². The van der Waals surface area contributed by atoms with E-state index in [1.165, 1.54) is 0 Å². The molecule has 1 aliphatic rings. The summed E-state index contributed by atoms with van der Waals surface area (Å²) < 4.78 is 0. The smallest absolute Gasteiger partial charge is 0.278 e. The quantitative estimate of drug-likeness (QED) is 0.529. The second-order valence-corrected chi connectivity index (χ2v) is 3.13. The van der Waals surface area contributed by atoms with Gasteiger partial charge in [0.05, 0.1) is 0 Å². The standard InChI is InChI=1S/C9H13NO3/c1-3-4-5-7-6(2)8(11)10(13)9(7)12/h13H,3-5H2,1-2H3. The van der Waals surface area contributed by atoms with Crippen molar-refractivity contribution in [2.75, 3.05) is 0 Å². The third-order valence-electron chi connectivity index (χ3n) is 2.20. The molecule has 1 aliphatic heterocycles. The van der Waals surface area contributed by atoms with Gasteiger partial charge >= 0.3 is 0 Å². The summed E-state index contributed by atoms with van der Waals surface area (Å²) >= 11 is 0. The highest BCUT2D eigenvalue weighted by Crippen LogP contribution is 2.22. The highest BCUT2D eigenvalue weighted by molar-refractivity contribution is 6.17. The molecule has 0 saturated heterocycles. The first-order valence-corrected chi connectivity index (χ1v) is 4.37. The topological polar surface area (TPSA) is 57.6 Å². The maximum absolute atomic E-state index is 11.2.